The number of nitrogens with one attached hydrogen (secondary N) is 1. The highest BCUT2D eigenvalue weighted by atomic mass is 16.4. The van der Waals surface area contributed by atoms with Gasteiger partial charge < -0.3 is 10.4 Å². The lowest BCUT2D eigenvalue weighted by Crippen LogP contribution is -2.15. The van der Waals surface area contributed by atoms with Crippen LogP contribution < -0.4 is 5.32 Å². The van der Waals surface area contributed by atoms with Crippen LogP contribution in [-0.2, 0) is 4.79 Å². The molecule has 0 aliphatic rings. The first-order valence-electron chi connectivity index (χ1n) is 5.72. The van der Waals surface area contributed by atoms with Crippen LogP contribution in [0.4, 0.5) is 5.82 Å². The summed E-state index contributed by atoms with van der Waals surface area (Å²) in [6.07, 6.45) is 3.98. The summed E-state index contributed by atoms with van der Waals surface area (Å²) in [5.74, 6) is 0.239. The number of hydrogen-bond acceptors (Lipinski definition) is 5. The summed E-state index contributed by atoms with van der Waals surface area (Å²) in [7, 11) is 0. The second kappa shape index (κ2) is 4.99. The molecule has 2 aromatic rings. The number of carboxylic acid groups (broad SMARTS) is 1. The Morgan fingerprint density at radius 3 is 3.06 bits per heavy atom. The molecule has 0 aliphatic carbocycles. The van der Waals surface area contributed by atoms with Crippen LogP contribution in [0.1, 0.15) is 19.2 Å². The number of fused-ring (bicyclic) bond motifs is 1. The smallest absolute Gasteiger partial charge is 0.306 e. The van der Waals surface area contributed by atoms with Crippen LogP contribution in [0, 0.1) is 12.8 Å². The Labute approximate surface area is 104 Å². The number of hydrogen-bond donors (Lipinski definition) is 2. The molecule has 96 valence electrons. The number of aliphatic carboxylic acids is 1. The van der Waals surface area contributed by atoms with Crippen molar-refractivity contribution in [1.29, 1.82) is 0 Å². The van der Waals surface area contributed by atoms with Crippen LogP contribution >= 0.6 is 0 Å². The second-order valence-corrected chi connectivity index (χ2v) is 4.17. The normalized spacial score (nSPS) is 12.6. The lowest BCUT2D eigenvalue weighted by atomic mass is 10.1. The molecule has 0 radical (unpaired) electrons. The molecule has 7 heteroatoms. The largest absolute Gasteiger partial charge is 0.481 e. The number of nitrogens with zero attached hydrogens (tertiary/aromatic N) is 4. The predicted octanol–water partition coefficient (Wildman–Crippen LogP) is 0.955. The van der Waals surface area contributed by atoms with Crippen LogP contribution in [0.3, 0.4) is 0 Å². The molecule has 7 nitrogen and oxygen atoms in total. The molecule has 2 heterocycles. The van der Waals surface area contributed by atoms with Gasteiger partial charge in [0.1, 0.15) is 5.82 Å². The number of aromatic nitrogens is 4. The summed E-state index contributed by atoms with van der Waals surface area (Å²) in [6, 6.07) is 0. The van der Waals surface area contributed by atoms with Crippen molar-refractivity contribution >= 4 is 17.4 Å². The van der Waals surface area contributed by atoms with Crippen molar-refractivity contribution in [3.8, 4) is 0 Å². The van der Waals surface area contributed by atoms with Gasteiger partial charge in [0.05, 0.1) is 5.92 Å². The molecule has 2 rings (SSSR count). The highest BCUT2D eigenvalue weighted by molar-refractivity contribution is 5.69. The summed E-state index contributed by atoms with van der Waals surface area (Å²) in [5.41, 5.74) is 0.651. The van der Waals surface area contributed by atoms with Gasteiger partial charge in [-0.05, 0) is 13.3 Å². The van der Waals surface area contributed by atoms with E-state index in [1.807, 2.05) is 11.3 Å². The van der Waals surface area contributed by atoms with E-state index in [1.165, 1.54) is 0 Å². The summed E-state index contributed by atoms with van der Waals surface area (Å²) in [4.78, 5) is 14.9. The van der Waals surface area contributed by atoms with Gasteiger partial charge in [-0.25, -0.2) is 4.98 Å². The minimum absolute atomic E-state index is 0.378. The molecular formula is C11H15N5O2. The zero-order chi connectivity index (χ0) is 13.1. The molecule has 2 aromatic heterocycles. The fourth-order valence-corrected chi connectivity index (χ4v) is 1.60. The fourth-order valence-electron chi connectivity index (χ4n) is 1.60. The SMILES string of the molecule is Cc1nnc2c(NCCC(C)C(=O)O)nccn12. The average Bonchev–Trinajstić information content (AvgIpc) is 2.72. The van der Waals surface area contributed by atoms with E-state index >= 15 is 0 Å². The lowest BCUT2D eigenvalue weighted by molar-refractivity contribution is -0.141. The molecular weight excluding hydrogens is 234 g/mol. The number of anilines is 1. The molecule has 18 heavy (non-hydrogen) atoms. The van der Waals surface area contributed by atoms with Gasteiger partial charge in [0.25, 0.3) is 0 Å². The zero-order valence-electron chi connectivity index (χ0n) is 10.3. The third-order valence-corrected chi connectivity index (χ3v) is 2.79. The standard InChI is InChI=1S/C11H15N5O2/c1-7(11(17)18)3-4-12-9-10-15-14-8(2)16(10)6-5-13-9/h5-7H,3-4H2,1-2H3,(H,12,13)(H,17,18). The number of carboxylic acids is 1. The van der Waals surface area contributed by atoms with Crippen molar-refractivity contribution in [2.45, 2.75) is 20.3 Å². The van der Waals surface area contributed by atoms with Crippen LogP contribution in [0.2, 0.25) is 0 Å². The highest BCUT2D eigenvalue weighted by Gasteiger charge is 2.11. The summed E-state index contributed by atoms with van der Waals surface area (Å²) >= 11 is 0. The molecule has 1 unspecified atom stereocenters. The Hall–Kier alpha value is -2.18. The molecule has 0 saturated heterocycles. The van der Waals surface area contributed by atoms with Gasteiger partial charge in [-0.2, -0.15) is 0 Å². The van der Waals surface area contributed by atoms with E-state index in [0.717, 1.165) is 5.82 Å². The Kier molecular flexibility index (Phi) is 3.40. The first kappa shape index (κ1) is 12.3. The lowest BCUT2D eigenvalue weighted by Gasteiger charge is -2.08. The maximum Gasteiger partial charge on any atom is 0.306 e. The van der Waals surface area contributed by atoms with Gasteiger partial charge in [-0.1, -0.05) is 6.92 Å². The average molecular weight is 249 g/mol. The van der Waals surface area contributed by atoms with E-state index in [4.69, 9.17) is 5.11 Å². The molecule has 2 N–H and O–H groups in total. The molecule has 1 atom stereocenters. The van der Waals surface area contributed by atoms with Crippen LogP contribution in [0.5, 0.6) is 0 Å². The molecule has 0 aliphatic heterocycles. The van der Waals surface area contributed by atoms with Crippen LogP contribution in [0.15, 0.2) is 12.4 Å². The van der Waals surface area contributed by atoms with Gasteiger partial charge >= 0.3 is 5.97 Å². The molecule has 0 aromatic carbocycles. The topological polar surface area (TPSA) is 92.4 Å². The van der Waals surface area contributed by atoms with Crippen molar-refractivity contribution < 1.29 is 9.90 Å². The molecule has 0 fully saturated rings. The van der Waals surface area contributed by atoms with Crippen molar-refractivity contribution in [3.05, 3.63) is 18.2 Å². The predicted molar refractivity (Wildman–Crippen MR) is 65.4 cm³/mol. The Morgan fingerprint density at radius 1 is 1.56 bits per heavy atom. The minimum Gasteiger partial charge on any atom is -0.481 e. The Bertz CT molecular complexity index is 566. The maximum atomic E-state index is 10.7. The molecule has 0 amide bonds. The fraction of sp³-hybridized carbons (Fsp3) is 0.455. The van der Waals surface area contributed by atoms with Crippen molar-refractivity contribution in [3.63, 3.8) is 0 Å². The quantitative estimate of drug-likeness (QED) is 0.819. The van der Waals surface area contributed by atoms with Gasteiger partial charge in [-0.15, -0.1) is 10.2 Å². The summed E-state index contributed by atoms with van der Waals surface area (Å²) in [6.45, 7) is 4.07. The first-order valence-corrected chi connectivity index (χ1v) is 5.72. The third-order valence-electron chi connectivity index (χ3n) is 2.79. The maximum absolute atomic E-state index is 10.7. The Balaban J connectivity index is 2.06. The van der Waals surface area contributed by atoms with Crippen LogP contribution in [-0.4, -0.2) is 37.2 Å². The molecule has 0 bridgehead atoms. The van der Waals surface area contributed by atoms with Crippen molar-refractivity contribution in [2.75, 3.05) is 11.9 Å². The van der Waals surface area contributed by atoms with Gasteiger partial charge in [0, 0.05) is 18.9 Å². The van der Waals surface area contributed by atoms with E-state index in [2.05, 4.69) is 20.5 Å². The number of aryl methyl sites for hydroxylation is 1. The number of rotatable bonds is 5. The first-order chi connectivity index (χ1) is 8.59. The van der Waals surface area contributed by atoms with Crippen LogP contribution in [0.25, 0.3) is 5.65 Å². The van der Waals surface area contributed by atoms with Gasteiger partial charge in [-0.3, -0.25) is 9.20 Å². The highest BCUT2D eigenvalue weighted by Crippen LogP contribution is 2.12. The van der Waals surface area contributed by atoms with Crippen molar-refractivity contribution in [1.82, 2.24) is 19.6 Å². The second-order valence-electron chi connectivity index (χ2n) is 4.17. The summed E-state index contributed by atoms with van der Waals surface area (Å²) in [5, 5.41) is 19.9. The van der Waals surface area contributed by atoms with E-state index < -0.39 is 5.97 Å². The van der Waals surface area contributed by atoms with Gasteiger partial charge in [0.15, 0.2) is 5.82 Å². The summed E-state index contributed by atoms with van der Waals surface area (Å²) < 4.78 is 1.83. The zero-order valence-corrected chi connectivity index (χ0v) is 10.3. The third kappa shape index (κ3) is 2.39. The Morgan fingerprint density at radius 2 is 2.33 bits per heavy atom. The van der Waals surface area contributed by atoms with E-state index in [-0.39, 0.29) is 5.92 Å². The minimum atomic E-state index is -0.790. The van der Waals surface area contributed by atoms with E-state index in [0.29, 0.717) is 24.4 Å². The molecule has 0 spiro atoms. The van der Waals surface area contributed by atoms with E-state index in [9.17, 15) is 4.79 Å². The molecule has 0 saturated carbocycles. The van der Waals surface area contributed by atoms with E-state index in [1.54, 1.807) is 19.3 Å². The monoisotopic (exact) mass is 249 g/mol. The number of carbonyl (C=O) groups is 1. The van der Waals surface area contributed by atoms with Gasteiger partial charge in [0.2, 0.25) is 5.65 Å². The van der Waals surface area contributed by atoms with Crippen molar-refractivity contribution in [2.24, 2.45) is 5.92 Å².